The topological polar surface area (TPSA) is 70.2 Å². The van der Waals surface area contributed by atoms with Crippen LogP contribution in [0.4, 0.5) is 0 Å². The number of aromatic nitrogens is 8. The van der Waals surface area contributed by atoms with Gasteiger partial charge in [0.05, 0.1) is 60.9 Å². The second-order valence-electron chi connectivity index (χ2n) is 17.9. The van der Waals surface area contributed by atoms with E-state index in [1.807, 2.05) is 18.6 Å². The Morgan fingerprint density at radius 2 is 0.926 bits per heavy atom. The predicted octanol–water partition coefficient (Wildman–Crippen LogP) is 14.6. The summed E-state index contributed by atoms with van der Waals surface area (Å²) in [5, 5.41) is 11.3. The van der Waals surface area contributed by atoms with E-state index in [-0.39, 0.29) is 0 Å². The molecule has 8 heteroatoms. The maximum absolute atomic E-state index is 5.34. The summed E-state index contributed by atoms with van der Waals surface area (Å²) in [7, 11) is 0. The normalized spacial score (nSPS) is 12.4. The molecule has 0 bridgehead atoms. The van der Waals surface area contributed by atoms with Gasteiger partial charge in [-0.1, -0.05) is 103 Å². The number of para-hydroxylation sites is 6. The number of hydrogen-bond donors (Lipinski definition) is 0. The van der Waals surface area contributed by atoms with E-state index in [1.54, 1.807) is 0 Å². The SMILES string of the molecule is c1ccc(-n2c3ccccc3c3cc4c(cc32)c2ccncc2c2nc3ccc(-c5cc6c(cn5)c5nc7ccccc7n5c5c6ccc6c7ccccc7n(-c7ccccc7)c65)cc3n42)cc1. The molecule has 0 aliphatic heterocycles. The molecule has 8 aromatic heterocycles. The van der Waals surface area contributed by atoms with E-state index in [1.165, 1.54) is 27.1 Å². The second-order valence-corrected chi connectivity index (χ2v) is 17.9. The van der Waals surface area contributed by atoms with Crippen LogP contribution in [0.5, 0.6) is 0 Å². The first kappa shape index (κ1) is 35.9. The fourth-order valence-corrected chi connectivity index (χ4v) is 11.5. The molecule has 0 unspecified atom stereocenters. The van der Waals surface area contributed by atoms with Crippen LogP contribution in [0.2, 0.25) is 0 Å². The Bertz CT molecular complexity index is 4850. The van der Waals surface area contributed by atoms with Crippen molar-refractivity contribution in [3.05, 3.63) is 207 Å². The van der Waals surface area contributed by atoms with Crippen molar-refractivity contribution >= 4 is 120 Å². The van der Waals surface area contributed by atoms with Gasteiger partial charge in [0.2, 0.25) is 0 Å². The van der Waals surface area contributed by atoms with E-state index >= 15 is 0 Å². The van der Waals surface area contributed by atoms with Crippen molar-refractivity contribution < 1.29 is 0 Å². The summed E-state index contributed by atoms with van der Waals surface area (Å²) in [6.45, 7) is 0. The highest BCUT2D eigenvalue weighted by Crippen LogP contribution is 2.43. The Morgan fingerprint density at radius 3 is 1.72 bits per heavy atom. The molecule has 0 N–H and O–H groups in total. The number of rotatable bonds is 3. The fraction of sp³-hybridized carbons (Fsp3) is 0. The third kappa shape index (κ3) is 4.67. The maximum Gasteiger partial charge on any atom is 0.148 e. The minimum Gasteiger partial charge on any atom is -0.309 e. The highest BCUT2D eigenvalue weighted by atomic mass is 15.1. The van der Waals surface area contributed by atoms with E-state index in [2.05, 4.69) is 211 Å². The molecule has 16 rings (SSSR count). The lowest BCUT2D eigenvalue weighted by molar-refractivity contribution is 1.18. The Kier molecular flexibility index (Phi) is 6.92. The predicted molar refractivity (Wildman–Crippen MR) is 279 cm³/mol. The van der Waals surface area contributed by atoms with Gasteiger partial charge in [0.1, 0.15) is 11.3 Å². The third-order valence-electron chi connectivity index (χ3n) is 14.4. The van der Waals surface area contributed by atoms with Gasteiger partial charge >= 0.3 is 0 Å². The zero-order valence-electron chi connectivity index (χ0n) is 36.2. The van der Waals surface area contributed by atoms with Crippen LogP contribution in [0, 0.1) is 0 Å². The van der Waals surface area contributed by atoms with Crippen LogP contribution in [0.1, 0.15) is 0 Å². The third-order valence-corrected chi connectivity index (χ3v) is 14.4. The largest absolute Gasteiger partial charge is 0.309 e. The van der Waals surface area contributed by atoms with Crippen LogP contribution in [-0.4, -0.2) is 37.9 Å². The van der Waals surface area contributed by atoms with Gasteiger partial charge in [0.25, 0.3) is 0 Å². The first-order chi connectivity index (χ1) is 33.7. The Morgan fingerprint density at radius 1 is 0.324 bits per heavy atom. The molecular formula is C60H34N8. The van der Waals surface area contributed by atoms with E-state index in [9.17, 15) is 0 Å². The van der Waals surface area contributed by atoms with Crippen molar-refractivity contribution in [3.8, 4) is 22.6 Å². The van der Waals surface area contributed by atoms with E-state index in [4.69, 9.17) is 15.0 Å². The minimum atomic E-state index is 0.875. The minimum absolute atomic E-state index is 0.875. The molecule has 0 atom stereocenters. The average Bonchev–Trinajstić information content (AvgIpc) is 4.17. The van der Waals surface area contributed by atoms with Gasteiger partial charge in [-0.25, -0.2) is 9.97 Å². The molecule has 0 spiro atoms. The van der Waals surface area contributed by atoms with Gasteiger partial charge in [-0.3, -0.25) is 18.8 Å². The van der Waals surface area contributed by atoms with Crippen molar-refractivity contribution in [3.63, 3.8) is 0 Å². The molecule has 0 radical (unpaired) electrons. The standard InChI is InChI=1S/C60H34N8/c1-3-13-36(14-4-1)65-51-20-10-8-18-40(51)45-32-55-44(31-54(45)65)38-27-28-61-33-46(38)59-64-49-26-23-35(29-56(49)67(55)59)50-30-43-42-25-24-41-39-17-7-11-21-52(39)66(37-15-5-2-6-16-37)57(41)58(42)68-53-22-12-9-19-48(53)63-60(68)47(43)34-62-50/h1-34H. The monoisotopic (exact) mass is 866 g/mol. The zero-order chi connectivity index (χ0) is 44.2. The van der Waals surface area contributed by atoms with Gasteiger partial charge in [-0.2, -0.15) is 0 Å². The highest BCUT2D eigenvalue weighted by molar-refractivity contribution is 6.25. The lowest BCUT2D eigenvalue weighted by Gasteiger charge is -2.14. The molecular weight excluding hydrogens is 833 g/mol. The Balaban J connectivity index is 0.995. The summed E-state index contributed by atoms with van der Waals surface area (Å²) in [5.41, 5.74) is 16.6. The van der Waals surface area contributed by atoms with E-state index in [0.717, 1.165) is 116 Å². The van der Waals surface area contributed by atoms with Crippen molar-refractivity contribution in [2.24, 2.45) is 0 Å². The first-order valence-electron chi connectivity index (χ1n) is 23.0. The Labute approximate surface area is 385 Å². The molecule has 314 valence electrons. The van der Waals surface area contributed by atoms with Crippen molar-refractivity contribution in [1.82, 2.24) is 37.9 Å². The van der Waals surface area contributed by atoms with Crippen LogP contribution >= 0.6 is 0 Å². The summed E-state index contributed by atoms with van der Waals surface area (Å²) in [5.74, 6) is 0. The smallest absolute Gasteiger partial charge is 0.148 e. The van der Waals surface area contributed by atoms with Crippen LogP contribution in [-0.2, 0) is 0 Å². The summed E-state index contributed by atoms with van der Waals surface area (Å²) in [4.78, 5) is 20.6. The van der Waals surface area contributed by atoms with Gasteiger partial charge in [-0.15, -0.1) is 0 Å². The number of nitrogens with zero attached hydrogens (tertiary/aromatic N) is 8. The van der Waals surface area contributed by atoms with Crippen molar-refractivity contribution in [1.29, 1.82) is 0 Å². The molecule has 8 nitrogen and oxygen atoms in total. The van der Waals surface area contributed by atoms with Crippen LogP contribution in [0.25, 0.3) is 143 Å². The lowest BCUT2D eigenvalue weighted by Crippen LogP contribution is -1.99. The molecule has 0 aliphatic rings. The summed E-state index contributed by atoms with van der Waals surface area (Å²) in [6.07, 6.45) is 5.86. The van der Waals surface area contributed by atoms with Crippen LogP contribution in [0.15, 0.2) is 207 Å². The first-order valence-corrected chi connectivity index (χ1v) is 23.0. The highest BCUT2D eigenvalue weighted by Gasteiger charge is 2.23. The molecule has 0 saturated heterocycles. The molecule has 8 heterocycles. The van der Waals surface area contributed by atoms with Crippen LogP contribution < -0.4 is 0 Å². The summed E-state index contributed by atoms with van der Waals surface area (Å²) < 4.78 is 9.50. The number of imidazole rings is 2. The summed E-state index contributed by atoms with van der Waals surface area (Å²) in [6, 6.07) is 67.5. The fourth-order valence-electron chi connectivity index (χ4n) is 11.5. The van der Waals surface area contributed by atoms with Crippen molar-refractivity contribution in [2.45, 2.75) is 0 Å². The van der Waals surface area contributed by atoms with Gasteiger partial charge < -0.3 is 9.13 Å². The summed E-state index contributed by atoms with van der Waals surface area (Å²) >= 11 is 0. The zero-order valence-corrected chi connectivity index (χ0v) is 36.2. The molecule has 0 saturated carbocycles. The molecule has 68 heavy (non-hydrogen) atoms. The molecule has 0 amide bonds. The van der Waals surface area contributed by atoms with E-state index in [0.29, 0.717) is 0 Å². The van der Waals surface area contributed by atoms with Gasteiger partial charge in [0.15, 0.2) is 0 Å². The molecule has 16 aromatic rings. The number of hydrogen-bond acceptors (Lipinski definition) is 4. The van der Waals surface area contributed by atoms with Crippen molar-refractivity contribution in [2.75, 3.05) is 0 Å². The second kappa shape index (κ2) is 13.1. The number of benzene rings is 8. The molecule has 0 aliphatic carbocycles. The number of fused-ring (bicyclic) bond motifs is 23. The van der Waals surface area contributed by atoms with Crippen LogP contribution in [0.3, 0.4) is 0 Å². The van der Waals surface area contributed by atoms with Gasteiger partial charge in [-0.05, 0) is 95.7 Å². The van der Waals surface area contributed by atoms with E-state index < -0.39 is 0 Å². The number of pyridine rings is 4. The quantitative estimate of drug-likeness (QED) is 0.166. The lowest BCUT2D eigenvalue weighted by atomic mass is 10.0. The van der Waals surface area contributed by atoms with Gasteiger partial charge in [0, 0.05) is 78.6 Å². The average molecular weight is 867 g/mol. The maximum atomic E-state index is 5.34. The molecule has 0 fully saturated rings. The Hall–Kier alpha value is -9.40. The molecule has 8 aromatic carbocycles.